The van der Waals surface area contributed by atoms with Crippen molar-refractivity contribution in [3.05, 3.63) is 35.4 Å². The number of hydrogen-bond donors (Lipinski definition) is 1. The fourth-order valence-corrected chi connectivity index (χ4v) is 3.38. The number of rotatable bonds is 5. The summed E-state index contributed by atoms with van der Waals surface area (Å²) in [6.45, 7) is 2.91. The van der Waals surface area contributed by atoms with Gasteiger partial charge < -0.3 is 10.1 Å². The van der Waals surface area contributed by atoms with E-state index in [0.29, 0.717) is 0 Å². The Labute approximate surface area is 151 Å². The quantitative estimate of drug-likeness (QED) is 0.638. The number of imide groups is 1. The molecule has 138 valence electrons. The number of amides is 3. The second-order valence-corrected chi connectivity index (χ2v) is 6.77. The normalized spacial score (nSPS) is 19.2. The summed E-state index contributed by atoms with van der Waals surface area (Å²) in [6.07, 6.45) is 3.03. The molecule has 1 fully saturated rings. The largest absolute Gasteiger partial charge is 0.451 e. The third-order valence-corrected chi connectivity index (χ3v) is 4.92. The van der Waals surface area contributed by atoms with Crippen LogP contribution in [-0.4, -0.2) is 46.8 Å². The van der Waals surface area contributed by atoms with Crippen LogP contribution in [0.2, 0.25) is 0 Å². The Bertz CT molecular complexity index is 719. The molecule has 1 aliphatic heterocycles. The SMILES string of the molecule is C[C@@H](OC(=O)[C@H](C)N1C(=O)c2ccccc2C1=O)C(=O)NC1CCCC1. The van der Waals surface area contributed by atoms with E-state index in [0.717, 1.165) is 30.6 Å². The number of ether oxygens (including phenoxy) is 1. The average molecular weight is 358 g/mol. The maximum atomic E-state index is 12.4. The molecule has 0 unspecified atom stereocenters. The lowest BCUT2D eigenvalue weighted by Gasteiger charge is -2.23. The van der Waals surface area contributed by atoms with Gasteiger partial charge in [-0.3, -0.25) is 19.3 Å². The topological polar surface area (TPSA) is 92.8 Å². The molecule has 1 aliphatic carbocycles. The molecule has 1 saturated carbocycles. The molecule has 0 radical (unpaired) electrons. The molecule has 1 aromatic rings. The summed E-state index contributed by atoms with van der Waals surface area (Å²) in [5, 5.41) is 2.86. The van der Waals surface area contributed by atoms with Gasteiger partial charge in [-0.1, -0.05) is 25.0 Å². The molecule has 2 atom stereocenters. The number of carbonyl (C=O) groups excluding carboxylic acids is 4. The highest BCUT2D eigenvalue weighted by Crippen LogP contribution is 2.25. The number of esters is 1. The number of benzene rings is 1. The Morgan fingerprint density at radius 2 is 1.62 bits per heavy atom. The maximum absolute atomic E-state index is 12.4. The number of hydrogen-bond acceptors (Lipinski definition) is 5. The van der Waals surface area contributed by atoms with Gasteiger partial charge in [-0.25, -0.2) is 4.79 Å². The molecule has 0 spiro atoms. The van der Waals surface area contributed by atoms with Crippen LogP contribution in [0.1, 0.15) is 60.2 Å². The van der Waals surface area contributed by atoms with Crippen LogP contribution >= 0.6 is 0 Å². The maximum Gasteiger partial charge on any atom is 0.329 e. The number of carbonyl (C=O) groups is 4. The Morgan fingerprint density at radius 1 is 1.08 bits per heavy atom. The first-order chi connectivity index (χ1) is 12.4. The van der Waals surface area contributed by atoms with Gasteiger partial charge in [0.2, 0.25) is 0 Å². The zero-order chi connectivity index (χ0) is 18.8. The molecule has 0 aromatic heterocycles. The molecular weight excluding hydrogens is 336 g/mol. The van der Waals surface area contributed by atoms with Gasteiger partial charge >= 0.3 is 5.97 Å². The first kappa shape index (κ1) is 18.1. The molecular formula is C19H22N2O5. The lowest BCUT2D eigenvalue weighted by Crippen LogP contribution is -2.47. The highest BCUT2D eigenvalue weighted by atomic mass is 16.5. The predicted octanol–water partition coefficient (Wildman–Crippen LogP) is 1.66. The van der Waals surface area contributed by atoms with Crippen molar-refractivity contribution in [3.63, 3.8) is 0 Å². The van der Waals surface area contributed by atoms with E-state index in [1.807, 2.05) is 0 Å². The molecule has 26 heavy (non-hydrogen) atoms. The average Bonchev–Trinajstić information content (AvgIpc) is 3.22. The van der Waals surface area contributed by atoms with Crippen molar-refractivity contribution in [1.82, 2.24) is 10.2 Å². The fourth-order valence-electron chi connectivity index (χ4n) is 3.38. The van der Waals surface area contributed by atoms with Crippen LogP contribution in [0.3, 0.4) is 0 Å². The van der Waals surface area contributed by atoms with E-state index in [1.54, 1.807) is 24.3 Å². The van der Waals surface area contributed by atoms with Crippen LogP contribution in [0.15, 0.2) is 24.3 Å². The van der Waals surface area contributed by atoms with Crippen molar-refractivity contribution >= 4 is 23.7 Å². The van der Waals surface area contributed by atoms with E-state index >= 15 is 0 Å². The molecule has 2 aliphatic rings. The molecule has 3 rings (SSSR count). The van der Waals surface area contributed by atoms with E-state index in [1.165, 1.54) is 13.8 Å². The Kier molecular flexibility index (Phi) is 5.06. The molecule has 7 nitrogen and oxygen atoms in total. The van der Waals surface area contributed by atoms with E-state index in [-0.39, 0.29) is 23.1 Å². The predicted molar refractivity (Wildman–Crippen MR) is 92.4 cm³/mol. The van der Waals surface area contributed by atoms with E-state index in [9.17, 15) is 19.2 Å². The molecule has 3 amide bonds. The molecule has 1 N–H and O–H groups in total. The minimum atomic E-state index is -1.11. The molecule has 1 heterocycles. The van der Waals surface area contributed by atoms with E-state index < -0.39 is 29.9 Å². The minimum Gasteiger partial charge on any atom is -0.451 e. The van der Waals surface area contributed by atoms with Gasteiger partial charge in [0.1, 0.15) is 6.04 Å². The number of nitrogens with zero attached hydrogens (tertiary/aromatic N) is 1. The van der Waals surface area contributed by atoms with Crippen LogP contribution in [0.5, 0.6) is 0 Å². The van der Waals surface area contributed by atoms with Crippen molar-refractivity contribution in [2.24, 2.45) is 0 Å². The van der Waals surface area contributed by atoms with Crippen molar-refractivity contribution in [3.8, 4) is 0 Å². The standard InChI is InChI=1S/C19H22N2O5/c1-11(21-17(23)14-9-5-6-10-15(14)18(21)24)19(25)26-12(2)16(22)20-13-7-3-4-8-13/h5-6,9-13H,3-4,7-8H2,1-2H3,(H,20,22)/t11-,12+/m0/s1. The van der Waals surface area contributed by atoms with Gasteiger partial charge in [-0.2, -0.15) is 0 Å². The molecule has 0 bridgehead atoms. The van der Waals surface area contributed by atoms with Crippen LogP contribution in [-0.2, 0) is 14.3 Å². The summed E-state index contributed by atoms with van der Waals surface area (Å²) < 4.78 is 5.20. The van der Waals surface area contributed by atoms with Gasteiger partial charge in [0.15, 0.2) is 6.10 Å². The van der Waals surface area contributed by atoms with Crippen molar-refractivity contribution < 1.29 is 23.9 Å². The first-order valence-electron chi connectivity index (χ1n) is 8.88. The van der Waals surface area contributed by atoms with E-state index in [2.05, 4.69) is 5.32 Å². The van der Waals surface area contributed by atoms with Crippen LogP contribution in [0.4, 0.5) is 0 Å². The Morgan fingerprint density at radius 3 is 2.15 bits per heavy atom. The van der Waals surface area contributed by atoms with Gasteiger partial charge in [0.05, 0.1) is 11.1 Å². The number of fused-ring (bicyclic) bond motifs is 1. The summed E-state index contributed by atoms with van der Waals surface area (Å²) in [6, 6.07) is 5.43. The van der Waals surface area contributed by atoms with Crippen molar-refractivity contribution in [1.29, 1.82) is 0 Å². The van der Waals surface area contributed by atoms with E-state index in [4.69, 9.17) is 4.74 Å². The second kappa shape index (κ2) is 7.27. The third-order valence-electron chi connectivity index (χ3n) is 4.92. The Balaban J connectivity index is 1.62. The van der Waals surface area contributed by atoms with Gasteiger partial charge in [-0.05, 0) is 38.8 Å². The monoisotopic (exact) mass is 358 g/mol. The molecule has 1 aromatic carbocycles. The lowest BCUT2D eigenvalue weighted by molar-refractivity contribution is -0.158. The van der Waals surface area contributed by atoms with Crippen molar-refractivity contribution in [2.75, 3.05) is 0 Å². The van der Waals surface area contributed by atoms with Crippen LogP contribution in [0, 0.1) is 0 Å². The smallest absolute Gasteiger partial charge is 0.329 e. The first-order valence-corrected chi connectivity index (χ1v) is 8.88. The molecule has 7 heteroatoms. The molecule has 0 saturated heterocycles. The number of nitrogens with one attached hydrogen (secondary N) is 1. The summed E-state index contributed by atoms with van der Waals surface area (Å²) in [5.74, 6) is -2.20. The minimum absolute atomic E-state index is 0.123. The summed E-state index contributed by atoms with van der Waals surface area (Å²) >= 11 is 0. The fraction of sp³-hybridized carbons (Fsp3) is 0.474. The summed E-state index contributed by atoms with van der Waals surface area (Å²) in [7, 11) is 0. The lowest BCUT2D eigenvalue weighted by atomic mass is 10.1. The van der Waals surface area contributed by atoms with Crippen LogP contribution < -0.4 is 5.32 Å². The van der Waals surface area contributed by atoms with Gasteiger partial charge in [0, 0.05) is 6.04 Å². The van der Waals surface area contributed by atoms with Crippen molar-refractivity contribution in [2.45, 2.75) is 57.7 Å². The van der Waals surface area contributed by atoms with Gasteiger partial charge in [-0.15, -0.1) is 0 Å². The Hall–Kier alpha value is -2.70. The zero-order valence-electron chi connectivity index (χ0n) is 14.9. The highest BCUT2D eigenvalue weighted by Gasteiger charge is 2.41. The van der Waals surface area contributed by atoms with Crippen LogP contribution in [0.25, 0.3) is 0 Å². The highest BCUT2D eigenvalue weighted by molar-refractivity contribution is 6.22. The second-order valence-electron chi connectivity index (χ2n) is 6.77. The summed E-state index contributed by atoms with van der Waals surface area (Å²) in [5.41, 5.74) is 0.536. The zero-order valence-corrected chi connectivity index (χ0v) is 14.9. The van der Waals surface area contributed by atoms with Gasteiger partial charge in [0.25, 0.3) is 17.7 Å². The third kappa shape index (κ3) is 3.34. The summed E-state index contributed by atoms with van der Waals surface area (Å²) in [4.78, 5) is 50.3.